The Morgan fingerprint density at radius 3 is 2.52 bits per heavy atom. The topological polar surface area (TPSA) is 26.3 Å². The molecule has 3 fully saturated rings. The molecule has 0 heterocycles. The number of hydrogen-bond donors (Lipinski definition) is 0. The van der Waals surface area contributed by atoms with Gasteiger partial charge in [0, 0.05) is 6.42 Å². The first kappa shape index (κ1) is 25.8. The smallest absolute Gasteiger partial charge is 0.319 e. The van der Waals surface area contributed by atoms with Gasteiger partial charge in [-0.3, -0.25) is 4.79 Å². The van der Waals surface area contributed by atoms with Crippen LogP contribution in [-0.2, 0) is 9.53 Å². The van der Waals surface area contributed by atoms with Gasteiger partial charge in [-0.25, -0.2) is 0 Å². The Morgan fingerprint density at radius 2 is 1.82 bits per heavy atom. The molecule has 0 aliphatic heterocycles. The van der Waals surface area contributed by atoms with Gasteiger partial charge < -0.3 is 4.74 Å². The zero-order chi connectivity index (χ0) is 24.0. The summed E-state index contributed by atoms with van der Waals surface area (Å²) in [5.74, 6) is 5.14. The first-order valence-corrected chi connectivity index (χ1v) is 15.0. The number of ether oxygens (including phenoxy) is 1. The van der Waals surface area contributed by atoms with Crippen LogP contribution in [0.2, 0.25) is 0 Å². The molecular formula is C30H49BrO2. The average molecular weight is 522 g/mol. The Balaban J connectivity index is 1.45. The van der Waals surface area contributed by atoms with E-state index in [4.69, 9.17) is 4.74 Å². The van der Waals surface area contributed by atoms with Gasteiger partial charge in [-0.05, 0) is 98.2 Å². The summed E-state index contributed by atoms with van der Waals surface area (Å²) in [6, 6.07) is 0. The third-order valence-electron chi connectivity index (χ3n) is 10.9. The van der Waals surface area contributed by atoms with E-state index in [1.165, 1.54) is 57.8 Å². The van der Waals surface area contributed by atoms with E-state index in [0.717, 1.165) is 48.3 Å². The minimum atomic E-state index is -0.213. The van der Waals surface area contributed by atoms with Gasteiger partial charge in [-0.2, -0.15) is 0 Å². The maximum absolute atomic E-state index is 12.1. The molecule has 0 bridgehead atoms. The van der Waals surface area contributed by atoms with Crippen molar-refractivity contribution in [1.82, 2.24) is 0 Å². The van der Waals surface area contributed by atoms with Gasteiger partial charge in [0.25, 0.3) is 0 Å². The molecule has 4 rings (SSSR count). The van der Waals surface area contributed by atoms with Gasteiger partial charge in [0.1, 0.15) is 10.9 Å². The van der Waals surface area contributed by atoms with Crippen LogP contribution >= 0.6 is 15.9 Å². The van der Waals surface area contributed by atoms with Crippen LogP contribution in [0.1, 0.15) is 112 Å². The van der Waals surface area contributed by atoms with Gasteiger partial charge in [0.15, 0.2) is 0 Å². The van der Waals surface area contributed by atoms with E-state index < -0.39 is 0 Å². The van der Waals surface area contributed by atoms with Crippen molar-refractivity contribution >= 4 is 21.9 Å². The zero-order valence-electron chi connectivity index (χ0n) is 22.2. The average Bonchev–Trinajstić information content (AvgIpc) is 3.11. The lowest BCUT2D eigenvalue weighted by atomic mass is 9.47. The van der Waals surface area contributed by atoms with Crippen molar-refractivity contribution in [1.29, 1.82) is 0 Å². The van der Waals surface area contributed by atoms with Gasteiger partial charge in [0.05, 0.1) is 0 Å². The van der Waals surface area contributed by atoms with Crippen LogP contribution in [0.3, 0.4) is 0 Å². The number of esters is 1. The normalized spacial score (nSPS) is 42.1. The summed E-state index contributed by atoms with van der Waals surface area (Å²) in [4.78, 5) is 11.9. The van der Waals surface area contributed by atoms with Gasteiger partial charge in [-0.15, -0.1) is 0 Å². The Bertz CT molecular complexity index is 742. The fourth-order valence-corrected chi connectivity index (χ4v) is 9.12. The van der Waals surface area contributed by atoms with Crippen molar-refractivity contribution in [3.05, 3.63) is 11.6 Å². The van der Waals surface area contributed by atoms with Crippen LogP contribution in [0, 0.1) is 46.3 Å². The highest BCUT2D eigenvalue weighted by Crippen LogP contribution is 2.67. The van der Waals surface area contributed by atoms with Gasteiger partial charge >= 0.3 is 5.97 Å². The van der Waals surface area contributed by atoms with Gasteiger partial charge in [0.2, 0.25) is 0 Å². The number of alkyl halides is 1. The molecule has 0 radical (unpaired) electrons. The highest BCUT2D eigenvalue weighted by molar-refractivity contribution is 9.10. The van der Waals surface area contributed by atoms with Crippen LogP contribution < -0.4 is 0 Å². The minimum Gasteiger partial charge on any atom is -0.461 e. The largest absolute Gasteiger partial charge is 0.461 e. The van der Waals surface area contributed by atoms with E-state index in [2.05, 4.69) is 56.6 Å². The second-order valence-electron chi connectivity index (χ2n) is 13.2. The number of hydrogen-bond acceptors (Lipinski definition) is 2. The first-order chi connectivity index (χ1) is 15.6. The van der Waals surface area contributed by atoms with E-state index in [0.29, 0.717) is 10.8 Å². The molecule has 0 aromatic heterocycles. The molecule has 4 aliphatic rings. The summed E-state index contributed by atoms with van der Waals surface area (Å²) >= 11 is 3.37. The number of fused-ring (bicyclic) bond motifs is 5. The predicted octanol–water partition coefficient (Wildman–Crippen LogP) is 8.72. The number of carbonyl (C=O) groups excluding carboxylic acids is 1. The van der Waals surface area contributed by atoms with Crippen molar-refractivity contribution in [3.8, 4) is 0 Å². The number of halogens is 1. The minimum absolute atomic E-state index is 0.0739. The molecule has 0 unspecified atom stereocenters. The predicted molar refractivity (Wildman–Crippen MR) is 141 cm³/mol. The molecule has 2 nitrogen and oxygen atoms in total. The number of allylic oxidation sites excluding steroid dienone is 1. The van der Waals surface area contributed by atoms with E-state index in [-0.39, 0.29) is 16.9 Å². The molecule has 0 amide bonds. The number of rotatable bonds is 7. The second-order valence-corrected chi connectivity index (χ2v) is 14.6. The summed E-state index contributed by atoms with van der Waals surface area (Å²) in [6.45, 7) is 14.4. The Labute approximate surface area is 212 Å². The fourth-order valence-electron chi connectivity index (χ4n) is 9.01. The number of carbonyl (C=O) groups is 1. The van der Waals surface area contributed by atoms with Crippen LogP contribution in [0.5, 0.6) is 0 Å². The molecule has 33 heavy (non-hydrogen) atoms. The van der Waals surface area contributed by atoms with Crippen LogP contribution in [-0.4, -0.2) is 16.9 Å². The zero-order valence-corrected chi connectivity index (χ0v) is 23.8. The summed E-state index contributed by atoms with van der Waals surface area (Å²) in [5, 5.41) is 0. The van der Waals surface area contributed by atoms with Crippen LogP contribution in [0.15, 0.2) is 11.6 Å². The van der Waals surface area contributed by atoms with Gasteiger partial charge in [-0.1, -0.05) is 81.5 Å². The van der Waals surface area contributed by atoms with E-state index >= 15 is 0 Å². The maximum Gasteiger partial charge on any atom is 0.319 e. The quantitative estimate of drug-likeness (QED) is 0.190. The summed E-state index contributed by atoms with van der Waals surface area (Å²) in [7, 11) is 0. The third-order valence-corrected chi connectivity index (χ3v) is 11.2. The Morgan fingerprint density at radius 1 is 1.06 bits per heavy atom. The lowest BCUT2D eigenvalue weighted by Crippen LogP contribution is -2.51. The molecule has 188 valence electrons. The molecule has 9 atom stereocenters. The van der Waals surface area contributed by atoms with Crippen molar-refractivity contribution < 1.29 is 9.53 Å². The highest BCUT2D eigenvalue weighted by atomic mass is 79.9. The lowest BCUT2D eigenvalue weighted by molar-refractivity contribution is -0.150. The molecular weight excluding hydrogens is 472 g/mol. The SMILES string of the molecule is CC(C)CCC[C@@H](C)[C@H]1CC[C@H]2[C@@H]3CC=C4C[C@H](OC(=O)[C@@H](C)Br)CC[C@]4(C)[C@H]3CC[C@]12C. The molecule has 4 aliphatic carbocycles. The molecule has 0 saturated heterocycles. The molecule has 0 N–H and O–H groups in total. The van der Waals surface area contributed by atoms with E-state index in [9.17, 15) is 4.79 Å². The lowest BCUT2D eigenvalue weighted by Gasteiger charge is -2.58. The van der Waals surface area contributed by atoms with Crippen molar-refractivity contribution in [2.24, 2.45) is 46.3 Å². The van der Waals surface area contributed by atoms with Crippen molar-refractivity contribution in [3.63, 3.8) is 0 Å². The molecule has 3 heteroatoms. The molecule has 0 aromatic rings. The van der Waals surface area contributed by atoms with E-state index in [1.807, 2.05) is 6.92 Å². The van der Waals surface area contributed by atoms with Crippen molar-refractivity contribution in [2.45, 2.75) is 123 Å². The third kappa shape index (κ3) is 4.88. The monoisotopic (exact) mass is 520 g/mol. The van der Waals surface area contributed by atoms with Crippen molar-refractivity contribution in [2.75, 3.05) is 0 Å². The molecule has 0 aromatic carbocycles. The summed E-state index contributed by atoms with van der Waals surface area (Å²) in [5.41, 5.74) is 2.49. The molecule has 3 saturated carbocycles. The fraction of sp³-hybridized carbons (Fsp3) is 0.900. The maximum atomic E-state index is 12.1. The van der Waals surface area contributed by atoms with Crippen LogP contribution in [0.25, 0.3) is 0 Å². The highest BCUT2D eigenvalue weighted by Gasteiger charge is 2.59. The standard InChI is InChI=1S/C30H49BrO2/c1-19(2)8-7-9-20(3)25-12-13-26-24-11-10-22-18-23(33-28(32)21(4)31)14-16-29(22,5)27(24)15-17-30(25,26)6/h10,19-21,23-27H,7-9,11-18H2,1-6H3/t20-,21-,23-,24+,25-,26+,27+,29+,30-/m1/s1. The molecule has 0 spiro atoms. The van der Waals surface area contributed by atoms with E-state index in [1.54, 1.807) is 5.57 Å². The Kier molecular flexibility index (Phi) is 7.79. The van der Waals surface area contributed by atoms with Crippen LogP contribution in [0.4, 0.5) is 0 Å². The second kappa shape index (κ2) is 9.98. The Hall–Kier alpha value is -0.310. The summed E-state index contributed by atoms with van der Waals surface area (Å²) < 4.78 is 5.83. The first-order valence-electron chi connectivity index (χ1n) is 14.1. The summed E-state index contributed by atoms with van der Waals surface area (Å²) in [6.07, 6.45) is 17.1.